The molecule has 0 aliphatic heterocycles. The number of pyridine rings is 1. The van der Waals surface area contributed by atoms with Gasteiger partial charge in [0.2, 0.25) is 0 Å². The van der Waals surface area contributed by atoms with Crippen LogP contribution in [0.2, 0.25) is 0 Å². The van der Waals surface area contributed by atoms with E-state index in [1.807, 2.05) is 6.07 Å². The van der Waals surface area contributed by atoms with Crippen LogP contribution in [0.3, 0.4) is 0 Å². The molecule has 0 spiro atoms. The summed E-state index contributed by atoms with van der Waals surface area (Å²) in [6, 6.07) is 14.7. The van der Waals surface area contributed by atoms with Crippen LogP contribution in [0.15, 0.2) is 42.5 Å². The number of unbranched alkanes of at least 4 members (excludes halogenated alkanes) is 7. The summed E-state index contributed by atoms with van der Waals surface area (Å²) in [5, 5.41) is 2.34. The first-order chi connectivity index (χ1) is 12.3. The number of nitrogens with two attached hydrogens (primary N) is 1. The van der Waals surface area contributed by atoms with Crippen LogP contribution >= 0.6 is 0 Å². The number of anilines is 1. The number of hydrogen-bond donors (Lipinski definition) is 1. The summed E-state index contributed by atoms with van der Waals surface area (Å²) in [5.74, 6) is 0. The molecule has 0 aliphatic carbocycles. The third-order valence-corrected chi connectivity index (χ3v) is 5.02. The molecule has 3 aromatic rings. The number of nitrogens with zero attached hydrogens (tertiary/aromatic N) is 1. The molecule has 25 heavy (non-hydrogen) atoms. The van der Waals surface area contributed by atoms with E-state index in [1.54, 1.807) is 0 Å². The number of aromatic nitrogens is 1. The van der Waals surface area contributed by atoms with Gasteiger partial charge in [-0.25, -0.2) is 4.98 Å². The molecule has 0 radical (unpaired) electrons. The van der Waals surface area contributed by atoms with Crippen molar-refractivity contribution in [2.24, 2.45) is 0 Å². The van der Waals surface area contributed by atoms with Crippen LogP contribution in [0.1, 0.15) is 63.9 Å². The molecule has 2 heteroatoms. The van der Waals surface area contributed by atoms with Gasteiger partial charge >= 0.3 is 0 Å². The maximum absolute atomic E-state index is 6.14. The number of rotatable bonds is 9. The molecule has 2 aromatic carbocycles. The number of para-hydroxylation sites is 1. The second-order valence-corrected chi connectivity index (χ2v) is 7.16. The van der Waals surface area contributed by atoms with Gasteiger partial charge in [0.25, 0.3) is 0 Å². The van der Waals surface area contributed by atoms with Crippen LogP contribution in [0.4, 0.5) is 5.69 Å². The van der Waals surface area contributed by atoms with Gasteiger partial charge in [-0.15, -0.1) is 0 Å². The van der Waals surface area contributed by atoms with Gasteiger partial charge < -0.3 is 5.73 Å². The Bertz CT molecular complexity index is 823. The molecular formula is C23H30N2. The summed E-state index contributed by atoms with van der Waals surface area (Å²) < 4.78 is 0. The topological polar surface area (TPSA) is 38.9 Å². The first-order valence-corrected chi connectivity index (χ1v) is 9.86. The van der Waals surface area contributed by atoms with Gasteiger partial charge in [-0.2, -0.15) is 0 Å². The third-order valence-electron chi connectivity index (χ3n) is 5.02. The normalized spacial score (nSPS) is 11.4. The van der Waals surface area contributed by atoms with Crippen molar-refractivity contribution in [2.75, 3.05) is 5.73 Å². The van der Waals surface area contributed by atoms with E-state index < -0.39 is 0 Å². The predicted molar refractivity (Wildman–Crippen MR) is 110 cm³/mol. The van der Waals surface area contributed by atoms with Crippen molar-refractivity contribution in [1.29, 1.82) is 0 Å². The molecule has 0 atom stereocenters. The van der Waals surface area contributed by atoms with E-state index >= 15 is 0 Å². The zero-order valence-electron chi connectivity index (χ0n) is 15.4. The van der Waals surface area contributed by atoms with Gasteiger partial charge in [-0.3, -0.25) is 0 Å². The fourth-order valence-electron chi connectivity index (χ4n) is 3.63. The Labute approximate surface area is 151 Å². The Kier molecular flexibility index (Phi) is 6.27. The Hall–Kier alpha value is -2.09. The second-order valence-electron chi connectivity index (χ2n) is 7.16. The van der Waals surface area contributed by atoms with E-state index in [-0.39, 0.29) is 0 Å². The van der Waals surface area contributed by atoms with Crippen molar-refractivity contribution in [3.63, 3.8) is 0 Å². The smallest absolute Gasteiger partial charge is 0.0743 e. The number of nitrogen functional groups attached to an aromatic ring is 1. The number of fused-ring (bicyclic) bond motifs is 2. The van der Waals surface area contributed by atoms with Gasteiger partial charge in [0.15, 0.2) is 0 Å². The van der Waals surface area contributed by atoms with Crippen LogP contribution in [-0.2, 0) is 6.42 Å². The molecule has 1 aromatic heterocycles. The first-order valence-electron chi connectivity index (χ1n) is 9.86. The second kappa shape index (κ2) is 8.84. The summed E-state index contributed by atoms with van der Waals surface area (Å²) in [6.07, 6.45) is 11.8. The van der Waals surface area contributed by atoms with Gasteiger partial charge in [0, 0.05) is 16.5 Å². The van der Waals surface area contributed by atoms with E-state index in [2.05, 4.69) is 43.3 Å². The van der Waals surface area contributed by atoms with E-state index in [9.17, 15) is 0 Å². The molecule has 0 saturated heterocycles. The lowest BCUT2D eigenvalue weighted by atomic mass is 10.00. The van der Waals surface area contributed by atoms with Crippen LogP contribution in [0.5, 0.6) is 0 Å². The summed E-state index contributed by atoms with van der Waals surface area (Å²) in [7, 11) is 0. The standard InChI is InChI=1S/C23H30N2/c1-2-3-4-5-6-7-8-9-13-19-16-21(24)17-20-15-18-12-10-11-14-22(18)25-23(19)20/h10-12,14-17H,2-9,13,24H2,1H3. The maximum atomic E-state index is 6.14. The highest BCUT2D eigenvalue weighted by Crippen LogP contribution is 2.26. The fraction of sp³-hybridized carbons (Fsp3) is 0.435. The van der Waals surface area contributed by atoms with Crippen molar-refractivity contribution in [3.05, 3.63) is 48.0 Å². The van der Waals surface area contributed by atoms with Gasteiger partial charge in [-0.05, 0) is 42.7 Å². The Morgan fingerprint density at radius 1 is 0.800 bits per heavy atom. The van der Waals surface area contributed by atoms with Crippen LogP contribution in [0, 0.1) is 0 Å². The van der Waals surface area contributed by atoms with Crippen molar-refractivity contribution in [1.82, 2.24) is 4.98 Å². The van der Waals surface area contributed by atoms with Crippen molar-refractivity contribution < 1.29 is 0 Å². The summed E-state index contributed by atoms with van der Waals surface area (Å²) in [6.45, 7) is 2.27. The minimum atomic E-state index is 0.846. The molecule has 0 unspecified atom stereocenters. The predicted octanol–water partition coefficient (Wildman–Crippen LogP) is 6.65. The fourth-order valence-corrected chi connectivity index (χ4v) is 3.63. The molecule has 3 rings (SSSR count). The molecule has 0 bridgehead atoms. The summed E-state index contributed by atoms with van der Waals surface area (Å²) >= 11 is 0. The lowest BCUT2D eigenvalue weighted by Crippen LogP contribution is -1.95. The van der Waals surface area contributed by atoms with Crippen molar-refractivity contribution >= 4 is 27.5 Å². The third kappa shape index (κ3) is 4.72. The number of benzene rings is 2. The van der Waals surface area contributed by atoms with Gasteiger partial charge in [-0.1, -0.05) is 70.1 Å². The van der Waals surface area contributed by atoms with E-state index in [0.29, 0.717) is 0 Å². The lowest BCUT2D eigenvalue weighted by Gasteiger charge is -2.09. The van der Waals surface area contributed by atoms with Gasteiger partial charge in [0.1, 0.15) is 0 Å². The molecule has 0 aliphatic rings. The molecule has 0 fully saturated rings. The number of aryl methyl sites for hydroxylation is 1. The lowest BCUT2D eigenvalue weighted by molar-refractivity contribution is 0.576. The van der Waals surface area contributed by atoms with Gasteiger partial charge in [0.05, 0.1) is 11.0 Å². The highest BCUT2D eigenvalue weighted by Gasteiger charge is 2.07. The minimum absolute atomic E-state index is 0.846. The maximum Gasteiger partial charge on any atom is 0.0743 e. The van der Waals surface area contributed by atoms with Crippen molar-refractivity contribution in [3.8, 4) is 0 Å². The molecule has 132 valence electrons. The molecule has 1 heterocycles. The SMILES string of the molecule is CCCCCCCCCCc1cc(N)cc2cc3ccccc3nc12. The number of hydrogen-bond acceptors (Lipinski definition) is 2. The highest BCUT2D eigenvalue weighted by atomic mass is 14.7. The zero-order chi connectivity index (χ0) is 17.5. The minimum Gasteiger partial charge on any atom is -0.399 e. The van der Waals surface area contributed by atoms with Crippen LogP contribution < -0.4 is 5.73 Å². The Morgan fingerprint density at radius 2 is 1.52 bits per heavy atom. The largest absolute Gasteiger partial charge is 0.399 e. The van der Waals surface area contributed by atoms with Crippen LogP contribution in [0.25, 0.3) is 21.8 Å². The first kappa shape index (κ1) is 17.7. The quantitative estimate of drug-likeness (QED) is 0.270. The molecule has 0 saturated carbocycles. The Morgan fingerprint density at radius 3 is 2.32 bits per heavy atom. The monoisotopic (exact) mass is 334 g/mol. The molecular weight excluding hydrogens is 304 g/mol. The molecule has 2 N–H and O–H groups in total. The van der Waals surface area contributed by atoms with E-state index in [0.717, 1.165) is 28.5 Å². The van der Waals surface area contributed by atoms with E-state index in [1.165, 1.54) is 62.3 Å². The van der Waals surface area contributed by atoms with Crippen molar-refractivity contribution in [2.45, 2.75) is 64.7 Å². The summed E-state index contributed by atoms with van der Waals surface area (Å²) in [4.78, 5) is 4.91. The average Bonchev–Trinajstić information content (AvgIpc) is 2.62. The molecule has 0 amide bonds. The highest BCUT2D eigenvalue weighted by molar-refractivity contribution is 5.95. The zero-order valence-corrected chi connectivity index (χ0v) is 15.4. The van der Waals surface area contributed by atoms with E-state index in [4.69, 9.17) is 10.7 Å². The molecule has 2 nitrogen and oxygen atoms in total. The van der Waals surface area contributed by atoms with Crippen LogP contribution in [-0.4, -0.2) is 4.98 Å². The Balaban J connectivity index is 1.65. The summed E-state index contributed by atoms with van der Waals surface area (Å²) in [5.41, 5.74) is 10.5. The average molecular weight is 335 g/mol.